The number of aliphatic hydroxyl groups excluding tert-OH is 1. The van der Waals surface area contributed by atoms with Gasteiger partial charge >= 0.3 is 5.97 Å². The van der Waals surface area contributed by atoms with Gasteiger partial charge in [0.25, 0.3) is 0 Å². The largest absolute Gasteiger partial charge is 0.461 e. The maximum atomic E-state index is 12.8. The van der Waals surface area contributed by atoms with Crippen molar-refractivity contribution in [3.63, 3.8) is 0 Å². The van der Waals surface area contributed by atoms with Gasteiger partial charge in [-0.1, -0.05) is 70.8 Å². The van der Waals surface area contributed by atoms with Crippen molar-refractivity contribution in [3.05, 3.63) is 11.6 Å². The molecule has 0 amide bonds. The molecule has 1 N–H and O–H groups in total. The van der Waals surface area contributed by atoms with Gasteiger partial charge < -0.3 is 9.84 Å². The topological polar surface area (TPSA) is 63.6 Å². The number of ketones is 1. The van der Waals surface area contributed by atoms with E-state index in [1.54, 1.807) is 0 Å². The molecule has 4 aliphatic carbocycles. The molecule has 4 nitrogen and oxygen atoms in total. The molecular formula is C30H48O4. The predicted octanol–water partition coefficient (Wildman–Crippen LogP) is 6.93. The Kier molecular flexibility index (Phi) is 8.93. The zero-order chi connectivity index (χ0) is 24.1. The van der Waals surface area contributed by atoms with Gasteiger partial charge in [-0.05, 0) is 74.2 Å². The van der Waals surface area contributed by atoms with Crippen molar-refractivity contribution in [3.8, 4) is 0 Å². The molecule has 192 valence electrons. The molecule has 0 aromatic heterocycles. The highest BCUT2D eigenvalue weighted by molar-refractivity contribution is 5.92. The van der Waals surface area contributed by atoms with E-state index in [1.807, 2.05) is 6.08 Å². The highest BCUT2D eigenvalue weighted by Gasteiger charge is 2.57. The summed E-state index contributed by atoms with van der Waals surface area (Å²) in [5.41, 5.74) is 1.29. The Bertz CT molecular complexity index is 742. The van der Waals surface area contributed by atoms with Crippen molar-refractivity contribution in [1.82, 2.24) is 0 Å². The van der Waals surface area contributed by atoms with Crippen molar-refractivity contribution in [2.75, 3.05) is 0 Å². The SMILES string of the molecule is CCCCCCCCCCCC(=O)OC1CC(=O)C=C2CC[C@@H]3[C@H](CC[C@]4(C)[C@@H](O)CC[C@@H]34)C21. The Balaban J connectivity index is 1.28. The molecule has 4 rings (SSSR count). The molecule has 0 radical (unpaired) electrons. The minimum atomic E-state index is -0.276. The molecule has 0 aromatic rings. The van der Waals surface area contributed by atoms with E-state index in [9.17, 15) is 14.7 Å². The van der Waals surface area contributed by atoms with Gasteiger partial charge in [0.1, 0.15) is 6.10 Å². The lowest BCUT2D eigenvalue weighted by molar-refractivity contribution is -0.157. The van der Waals surface area contributed by atoms with Crippen LogP contribution in [0.3, 0.4) is 0 Å². The second kappa shape index (κ2) is 11.7. The summed E-state index contributed by atoms with van der Waals surface area (Å²) >= 11 is 0. The van der Waals surface area contributed by atoms with Crippen LogP contribution >= 0.6 is 0 Å². The van der Waals surface area contributed by atoms with E-state index in [0.717, 1.165) is 51.4 Å². The molecule has 0 heterocycles. The lowest BCUT2D eigenvalue weighted by Gasteiger charge is -2.54. The van der Waals surface area contributed by atoms with Crippen molar-refractivity contribution in [1.29, 1.82) is 0 Å². The quantitative estimate of drug-likeness (QED) is 0.261. The van der Waals surface area contributed by atoms with Crippen molar-refractivity contribution < 1.29 is 19.4 Å². The molecule has 7 atom stereocenters. The number of esters is 1. The van der Waals surface area contributed by atoms with E-state index in [-0.39, 0.29) is 35.3 Å². The van der Waals surface area contributed by atoms with Gasteiger partial charge in [0, 0.05) is 18.8 Å². The summed E-state index contributed by atoms with van der Waals surface area (Å²) in [5, 5.41) is 10.7. The number of ether oxygens (including phenoxy) is 1. The Labute approximate surface area is 207 Å². The molecule has 4 aliphatic rings. The molecule has 3 saturated carbocycles. The smallest absolute Gasteiger partial charge is 0.306 e. The van der Waals surface area contributed by atoms with Gasteiger partial charge in [-0.3, -0.25) is 9.59 Å². The average Bonchev–Trinajstić information content (AvgIpc) is 3.12. The van der Waals surface area contributed by atoms with Gasteiger partial charge in [0.05, 0.1) is 6.10 Å². The van der Waals surface area contributed by atoms with Crippen LogP contribution in [0.2, 0.25) is 0 Å². The van der Waals surface area contributed by atoms with E-state index in [1.165, 1.54) is 50.5 Å². The Morgan fingerprint density at radius 1 is 1.00 bits per heavy atom. The fraction of sp³-hybridized carbons (Fsp3) is 0.867. The number of fused-ring (bicyclic) bond motifs is 5. The molecule has 0 bridgehead atoms. The van der Waals surface area contributed by atoms with Crippen LogP contribution in [0.5, 0.6) is 0 Å². The molecule has 0 spiro atoms. The number of carbonyl (C=O) groups is 2. The zero-order valence-corrected chi connectivity index (χ0v) is 21.7. The van der Waals surface area contributed by atoms with Gasteiger partial charge in [-0.2, -0.15) is 0 Å². The third-order valence-corrected chi connectivity index (χ3v) is 10.0. The fourth-order valence-corrected chi connectivity index (χ4v) is 8.12. The van der Waals surface area contributed by atoms with E-state index in [4.69, 9.17) is 4.74 Å². The first-order valence-electron chi connectivity index (χ1n) is 14.5. The molecule has 0 aromatic carbocycles. The lowest BCUT2D eigenvalue weighted by Crippen LogP contribution is -2.51. The first kappa shape index (κ1) is 25.9. The summed E-state index contributed by atoms with van der Waals surface area (Å²) in [6.07, 6.45) is 19.6. The van der Waals surface area contributed by atoms with Crippen LogP contribution in [0.15, 0.2) is 11.6 Å². The molecule has 0 aliphatic heterocycles. The second-order valence-electron chi connectivity index (χ2n) is 12.1. The predicted molar refractivity (Wildman–Crippen MR) is 135 cm³/mol. The van der Waals surface area contributed by atoms with Crippen LogP contribution in [0.4, 0.5) is 0 Å². The number of rotatable bonds is 11. The number of hydrogen-bond donors (Lipinski definition) is 1. The van der Waals surface area contributed by atoms with Gasteiger partial charge in [0.15, 0.2) is 5.78 Å². The summed E-state index contributed by atoms with van der Waals surface area (Å²) in [7, 11) is 0. The standard InChI is InChI=1S/C30H48O4/c1-3-4-5-6-7-8-9-10-11-12-28(33)34-26-20-22(31)19-21-13-14-23-24(29(21)26)17-18-30(2)25(23)15-16-27(30)32/h19,23-27,29,32H,3-18,20H2,1-2H3/t23-,24+,25+,26?,27+,29?,30+/m1/s1. The average molecular weight is 473 g/mol. The van der Waals surface area contributed by atoms with Crippen LogP contribution in [0.25, 0.3) is 0 Å². The van der Waals surface area contributed by atoms with Crippen molar-refractivity contribution >= 4 is 11.8 Å². The molecule has 3 fully saturated rings. The third-order valence-electron chi connectivity index (χ3n) is 10.0. The van der Waals surface area contributed by atoms with E-state index in [2.05, 4.69) is 13.8 Å². The van der Waals surface area contributed by atoms with Crippen LogP contribution < -0.4 is 0 Å². The maximum absolute atomic E-state index is 12.8. The van der Waals surface area contributed by atoms with Crippen LogP contribution in [0.1, 0.15) is 123 Å². The molecular weight excluding hydrogens is 424 g/mol. The van der Waals surface area contributed by atoms with Gasteiger partial charge in [-0.25, -0.2) is 0 Å². The summed E-state index contributed by atoms with van der Waals surface area (Å²) in [4.78, 5) is 25.2. The maximum Gasteiger partial charge on any atom is 0.306 e. The fourth-order valence-electron chi connectivity index (χ4n) is 8.12. The third kappa shape index (κ3) is 5.63. The molecule has 2 unspecified atom stereocenters. The number of hydrogen-bond acceptors (Lipinski definition) is 4. The Morgan fingerprint density at radius 2 is 1.71 bits per heavy atom. The van der Waals surface area contributed by atoms with Crippen LogP contribution in [-0.4, -0.2) is 29.1 Å². The van der Waals surface area contributed by atoms with E-state index < -0.39 is 0 Å². The van der Waals surface area contributed by atoms with Gasteiger partial charge in [0.2, 0.25) is 0 Å². The number of carbonyl (C=O) groups excluding carboxylic acids is 2. The first-order chi connectivity index (χ1) is 16.4. The molecule has 4 heteroatoms. The Morgan fingerprint density at radius 3 is 2.44 bits per heavy atom. The summed E-state index contributed by atoms with van der Waals surface area (Å²) in [6, 6.07) is 0. The van der Waals surface area contributed by atoms with Crippen molar-refractivity contribution in [2.45, 2.75) is 135 Å². The second-order valence-corrected chi connectivity index (χ2v) is 12.1. The Hall–Kier alpha value is -1.16. The number of unbranched alkanes of at least 4 members (excludes halogenated alkanes) is 8. The molecule has 34 heavy (non-hydrogen) atoms. The zero-order valence-electron chi connectivity index (χ0n) is 21.7. The normalized spacial score (nSPS) is 36.9. The van der Waals surface area contributed by atoms with Crippen LogP contribution in [0, 0.1) is 29.1 Å². The number of aliphatic hydroxyl groups is 1. The minimum Gasteiger partial charge on any atom is -0.461 e. The summed E-state index contributed by atoms with van der Waals surface area (Å²) < 4.78 is 6.06. The highest BCUT2D eigenvalue weighted by atomic mass is 16.5. The lowest BCUT2D eigenvalue weighted by atomic mass is 9.51. The van der Waals surface area contributed by atoms with Crippen molar-refractivity contribution in [2.24, 2.45) is 29.1 Å². The summed E-state index contributed by atoms with van der Waals surface area (Å²) in [6.45, 7) is 4.54. The van der Waals surface area contributed by atoms with Gasteiger partial charge in [-0.15, -0.1) is 0 Å². The van der Waals surface area contributed by atoms with Crippen LogP contribution in [-0.2, 0) is 14.3 Å². The minimum absolute atomic E-state index is 0.0506. The highest BCUT2D eigenvalue weighted by Crippen LogP contribution is 2.61. The van der Waals surface area contributed by atoms with E-state index >= 15 is 0 Å². The van der Waals surface area contributed by atoms with E-state index in [0.29, 0.717) is 30.6 Å². The first-order valence-corrected chi connectivity index (χ1v) is 14.5. The molecule has 0 saturated heterocycles. The summed E-state index contributed by atoms with van der Waals surface area (Å²) in [5.74, 6) is 1.87. The monoisotopic (exact) mass is 472 g/mol.